The molecule has 3 heteroatoms. The molecule has 2 aliphatic rings. The first-order valence-corrected chi connectivity index (χ1v) is 7.53. The topological polar surface area (TPSA) is 21.3 Å². The Labute approximate surface area is 97.5 Å². The zero-order chi connectivity index (χ0) is 10.3. The number of thioether (sulfide) groups is 1. The summed E-state index contributed by atoms with van der Waals surface area (Å²) < 4.78 is 5.83. The Bertz CT molecular complexity index is 165. The van der Waals surface area contributed by atoms with Gasteiger partial charge in [0, 0.05) is 12.6 Å². The molecule has 1 N–H and O–H groups in total. The average molecular weight is 229 g/mol. The average Bonchev–Trinajstić information content (AvgIpc) is 2.79. The van der Waals surface area contributed by atoms with Crippen molar-refractivity contribution in [1.29, 1.82) is 0 Å². The van der Waals surface area contributed by atoms with Crippen molar-refractivity contribution in [3.8, 4) is 0 Å². The molecule has 0 bridgehead atoms. The van der Waals surface area contributed by atoms with E-state index in [1.807, 2.05) is 0 Å². The summed E-state index contributed by atoms with van der Waals surface area (Å²) in [6, 6.07) is 0.762. The van der Waals surface area contributed by atoms with E-state index in [4.69, 9.17) is 4.74 Å². The van der Waals surface area contributed by atoms with Crippen LogP contribution in [0.3, 0.4) is 0 Å². The van der Waals surface area contributed by atoms with Gasteiger partial charge in [-0.3, -0.25) is 0 Å². The van der Waals surface area contributed by atoms with E-state index in [-0.39, 0.29) is 0 Å². The first kappa shape index (κ1) is 11.7. The summed E-state index contributed by atoms with van der Waals surface area (Å²) in [5.41, 5.74) is 0. The van der Waals surface area contributed by atoms with Gasteiger partial charge in [0.25, 0.3) is 0 Å². The number of hydrogen-bond acceptors (Lipinski definition) is 3. The Balaban J connectivity index is 1.47. The molecule has 1 aliphatic carbocycles. The van der Waals surface area contributed by atoms with Crippen molar-refractivity contribution in [2.45, 2.75) is 50.7 Å². The normalized spacial score (nSPS) is 24.8. The van der Waals surface area contributed by atoms with Crippen molar-refractivity contribution in [2.75, 3.05) is 24.7 Å². The predicted molar refractivity (Wildman–Crippen MR) is 66.6 cm³/mol. The number of nitrogens with one attached hydrogen (secondary N) is 1. The van der Waals surface area contributed by atoms with Gasteiger partial charge in [-0.05, 0) is 37.2 Å². The van der Waals surface area contributed by atoms with Crippen LogP contribution in [0.5, 0.6) is 0 Å². The second-order valence-electron chi connectivity index (χ2n) is 4.62. The molecule has 2 rings (SSSR count). The van der Waals surface area contributed by atoms with Crippen LogP contribution in [-0.2, 0) is 4.74 Å². The second kappa shape index (κ2) is 6.77. The Hall–Kier alpha value is 0.270. The number of hydrogen-bond donors (Lipinski definition) is 1. The van der Waals surface area contributed by atoms with Gasteiger partial charge in [-0.1, -0.05) is 12.8 Å². The van der Waals surface area contributed by atoms with Crippen LogP contribution in [0.25, 0.3) is 0 Å². The van der Waals surface area contributed by atoms with Crippen molar-refractivity contribution in [3.63, 3.8) is 0 Å². The number of ether oxygens (including phenoxy) is 1. The van der Waals surface area contributed by atoms with E-state index in [0.29, 0.717) is 6.10 Å². The van der Waals surface area contributed by atoms with Crippen LogP contribution in [0, 0.1) is 0 Å². The fourth-order valence-electron chi connectivity index (χ4n) is 2.45. The third-order valence-corrected chi connectivity index (χ3v) is 4.46. The first-order chi connectivity index (χ1) is 7.45. The van der Waals surface area contributed by atoms with Gasteiger partial charge in [0.1, 0.15) is 0 Å². The van der Waals surface area contributed by atoms with Crippen LogP contribution in [-0.4, -0.2) is 36.8 Å². The maximum absolute atomic E-state index is 5.83. The SMILES string of the molecule is C1CCC(OCCNC2CCSCC2)C1. The number of rotatable bonds is 5. The third kappa shape index (κ3) is 4.33. The molecule has 0 amide bonds. The Kier molecular flexibility index (Phi) is 5.30. The van der Waals surface area contributed by atoms with Gasteiger partial charge in [0.15, 0.2) is 0 Å². The summed E-state index contributed by atoms with van der Waals surface area (Å²) in [6.07, 6.45) is 8.59. The highest BCUT2D eigenvalue weighted by Gasteiger charge is 2.15. The highest BCUT2D eigenvalue weighted by molar-refractivity contribution is 7.99. The lowest BCUT2D eigenvalue weighted by molar-refractivity contribution is 0.0590. The third-order valence-electron chi connectivity index (χ3n) is 3.41. The lowest BCUT2D eigenvalue weighted by atomic mass is 10.1. The molecule has 0 unspecified atom stereocenters. The van der Waals surface area contributed by atoms with Crippen LogP contribution < -0.4 is 5.32 Å². The van der Waals surface area contributed by atoms with Crippen LogP contribution in [0.4, 0.5) is 0 Å². The van der Waals surface area contributed by atoms with Gasteiger partial charge in [-0.15, -0.1) is 0 Å². The molecule has 2 nitrogen and oxygen atoms in total. The van der Waals surface area contributed by atoms with E-state index in [9.17, 15) is 0 Å². The zero-order valence-electron chi connectivity index (χ0n) is 9.54. The summed E-state index contributed by atoms with van der Waals surface area (Å²) in [7, 11) is 0. The predicted octanol–water partition coefficient (Wildman–Crippen LogP) is 2.43. The molecule has 0 spiro atoms. The van der Waals surface area contributed by atoms with E-state index in [1.54, 1.807) is 0 Å². The van der Waals surface area contributed by atoms with E-state index >= 15 is 0 Å². The molecule has 2 fully saturated rings. The lowest BCUT2D eigenvalue weighted by Crippen LogP contribution is -2.35. The summed E-state index contributed by atoms with van der Waals surface area (Å²) in [4.78, 5) is 0. The van der Waals surface area contributed by atoms with E-state index in [0.717, 1.165) is 19.2 Å². The van der Waals surface area contributed by atoms with Gasteiger partial charge in [-0.2, -0.15) is 11.8 Å². The Morgan fingerprint density at radius 3 is 2.53 bits per heavy atom. The van der Waals surface area contributed by atoms with Crippen molar-refractivity contribution in [2.24, 2.45) is 0 Å². The first-order valence-electron chi connectivity index (χ1n) is 6.38. The van der Waals surface area contributed by atoms with Crippen LogP contribution in [0.2, 0.25) is 0 Å². The zero-order valence-corrected chi connectivity index (χ0v) is 10.4. The molecule has 0 aromatic heterocycles. The van der Waals surface area contributed by atoms with Gasteiger partial charge < -0.3 is 10.1 Å². The van der Waals surface area contributed by atoms with Gasteiger partial charge in [0.2, 0.25) is 0 Å². The van der Waals surface area contributed by atoms with Crippen molar-refractivity contribution in [1.82, 2.24) is 5.32 Å². The molecule has 1 aliphatic heterocycles. The lowest BCUT2D eigenvalue weighted by Gasteiger charge is -2.23. The molecule has 0 radical (unpaired) electrons. The molecular weight excluding hydrogens is 206 g/mol. The molecular formula is C12H23NOS. The van der Waals surface area contributed by atoms with Gasteiger partial charge >= 0.3 is 0 Å². The molecule has 0 aromatic carbocycles. The standard InChI is InChI=1S/C12H23NOS/c1-2-4-12(3-1)14-8-7-13-11-5-9-15-10-6-11/h11-13H,1-10H2. The smallest absolute Gasteiger partial charge is 0.0594 e. The summed E-state index contributed by atoms with van der Waals surface area (Å²) in [5, 5.41) is 3.61. The largest absolute Gasteiger partial charge is 0.377 e. The maximum atomic E-state index is 5.83. The van der Waals surface area contributed by atoms with E-state index in [2.05, 4.69) is 17.1 Å². The Morgan fingerprint density at radius 1 is 1.07 bits per heavy atom. The molecule has 15 heavy (non-hydrogen) atoms. The highest BCUT2D eigenvalue weighted by atomic mass is 32.2. The minimum absolute atomic E-state index is 0.578. The van der Waals surface area contributed by atoms with E-state index < -0.39 is 0 Å². The monoisotopic (exact) mass is 229 g/mol. The second-order valence-corrected chi connectivity index (χ2v) is 5.84. The van der Waals surface area contributed by atoms with Crippen molar-refractivity contribution in [3.05, 3.63) is 0 Å². The van der Waals surface area contributed by atoms with Crippen LogP contribution >= 0.6 is 11.8 Å². The minimum atomic E-state index is 0.578. The van der Waals surface area contributed by atoms with Crippen LogP contribution in [0.15, 0.2) is 0 Å². The Morgan fingerprint density at radius 2 is 1.80 bits per heavy atom. The fourth-order valence-corrected chi connectivity index (χ4v) is 3.55. The molecule has 0 aromatic rings. The molecule has 88 valence electrons. The fraction of sp³-hybridized carbons (Fsp3) is 1.00. The maximum Gasteiger partial charge on any atom is 0.0594 e. The van der Waals surface area contributed by atoms with Gasteiger partial charge in [-0.25, -0.2) is 0 Å². The minimum Gasteiger partial charge on any atom is -0.377 e. The highest BCUT2D eigenvalue weighted by Crippen LogP contribution is 2.20. The molecule has 1 saturated heterocycles. The van der Waals surface area contributed by atoms with Gasteiger partial charge in [0.05, 0.1) is 12.7 Å². The summed E-state index contributed by atoms with van der Waals surface area (Å²) >= 11 is 2.09. The van der Waals surface area contributed by atoms with Crippen LogP contribution in [0.1, 0.15) is 38.5 Å². The molecule has 1 heterocycles. The summed E-state index contributed by atoms with van der Waals surface area (Å²) in [6.45, 7) is 1.96. The van der Waals surface area contributed by atoms with Crippen molar-refractivity contribution >= 4 is 11.8 Å². The quantitative estimate of drug-likeness (QED) is 0.732. The van der Waals surface area contributed by atoms with Crippen molar-refractivity contribution < 1.29 is 4.74 Å². The summed E-state index contributed by atoms with van der Waals surface area (Å²) in [5.74, 6) is 2.67. The molecule has 1 saturated carbocycles. The molecule has 0 atom stereocenters. The van der Waals surface area contributed by atoms with E-state index in [1.165, 1.54) is 50.0 Å².